The molecule has 92 valence electrons. The van der Waals surface area contributed by atoms with Gasteiger partial charge in [0.2, 0.25) is 0 Å². The van der Waals surface area contributed by atoms with Crippen molar-refractivity contribution in [2.45, 2.75) is 25.8 Å². The molecule has 0 amide bonds. The molecule has 0 aromatic heterocycles. The standard InChI is InChI=1S/C10H17NO4S/c1-8(6-10(12)13)7-11-9-2-4-16(14,15)5-3-9/h6,9,11H,2-5,7H2,1H3,(H,12,13). The molecule has 16 heavy (non-hydrogen) atoms. The largest absolute Gasteiger partial charge is 0.478 e. The van der Waals surface area contributed by atoms with Crippen LogP contribution in [0.3, 0.4) is 0 Å². The summed E-state index contributed by atoms with van der Waals surface area (Å²) < 4.78 is 22.3. The molecule has 1 rings (SSSR count). The molecule has 6 heteroatoms. The smallest absolute Gasteiger partial charge is 0.328 e. The van der Waals surface area contributed by atoms with Gasteiger partial charge in [0.1, 0.15) is 9.84 Å². The second-order valence-corrected chi connectivity index (χ2v) is 6.44. The van der Waals surface area contributed by atoms with Crippen molar-refractivity contribution in [2.75, 3.05) is 18.1 Å². The van der Waals surface area contributed by atoms with Gasteiger partial charge in [-0.25, -0.2) is 13.2 Å². The van der Waals surface area contributed by atoms with Crippen molar-refractivity contribution >= 4 is 15.8 Å². The first-order valence-corrected chi connectivity index (χ1v) is 7.05. The highest BCUT2D eigenvalue weighted by Gasteiger charge is 2.22. The Morgan fingerprint density at radius 1 is 1.44 bits per heavy atom. The Morgan fingerprint density at radius 3 is 2.50 bits per heavy atom. The zero-order chi connectivity index (χ0) is 12.2. The molecule has 5 nitrogen and oxygen atoms in total. The Hall–Kier alpha value is -0.880. The van der Waals surface area contributed by atoms with E-state index in [0.29, 0.717) is 19.4 Å². The lowest BCUT2D eigenvalue weighted by Gasteiger charge is -2.23. The average molecular weight is 247 g/mol. The molecule has 2 N–H and O–H groups in total. The summed E-state index contributed by atoms with van der Waals surface area (Å²) in [6.45, 7) is 2.23. The Labute approximate surface area is 95.5 Å². The topological polar surface area (TPSA) is 83.5 Å². The van der Waals surface area contributed by atoms with Crippen LogP contribution in [-0.2, 0) is 14.6 Å². The fraction of sp³-hybridized carbons (Fsp3) is 0.700. The Balaban J connectivity index is 2.33. The summed E-state index contributed by atoms with van der Waals surface area (Å²) in [4.78, 5) is 10.4. The molecule has 0 atom stereocenters. The predicted octanol–water partition coefficient (Wildman–Crippen LogP) is 0.184. The third-order valence-electron chi connectivity index (χ3n) is 2.59. The maximum Gasteiger partial charge on any atom is 0.328 e. The zero-order valence-corrected chi connectivity index (χ0v) is 10.1. The van der Waals surface area contributed by atoms with E-state index < -0.39 is 15.8 Å². The number of hydrogen-bond acceptors (Lipinski definition) is 4. The molecule has 1 saturated heterocycles. The molecule has 0 radical (unpaired) electrons. The zero-order valence-electron chi connectivity index (χ0n) is 9.27. The molecule has 0 bridgehead atoms. The van der Waals surface area contributed by atoms with Crippen molar-refractivity contribution in [3.63, 3.8) is 0 Å². The van der Waals surface area contributed by atoms with Crippen LogP contribution in [0.4, 0.5) is 0 Å². The van der Waals surface area contributed by atoms with E-state index in [1.54, 1.807) is 6.92 Å². The van der Waals surface area contributed by atoms with Gasteiger partial charge >= 0.3 is 5.97 Å². The normalized spacial score (nSPS) is 21.9. The first-order chi connectivity index (χ1) is 7.39. The number of carbonyl (C=O) groups is 1. The van der Waals surface area contributed by atoms with Crippen molar-refractivity contribution < 1.29 is 18.3 Å². The van der Waals surface area contributed by atoms with E-state index >= 15 is 0 Å². The fourth-order valence-corrected chi connectivity index (χ4v) is 3.15. The van der Waals surface area contributed by atoms with Crippen LogP contribution < -0.4 is 5.32 Å². The van der Waals surface area contributed by atoms with E-state index in [4.69, 9.17) is 5.11 Å². The van der Waals surface area contributed by atoms with Gasteiger partial charge in [0.25, 0.3) is 0 Å². The first kappa shape index (κ1) is 13.2. The lowest BCUT2D eigenvalue weighted by atomic mass is 10.1. The van der Waals surface area contributed by atoms with Crippen LogP contribution in [0.1, 0.15) is 19.8 Å². The molecule has 0 aromatic carbocycles. The minimum atomic E-state index is -2.82. The van der Waals surface area contributed by atoms with Crippen molar-refractivity contribution in [3.05, 3.63) is 11.6 Å². The maximum atomic E-state index is 11.2. The van der Waals surface area contributed by atoms with E-state index in [9.17, 15) is 13.2 Å². The molecule has 1 aliphatic heterocycles. The number of rotatable bonds is 4. The van der Waals surface area contributed by atoms with Crippen molar-refractivity contribution in [2.24, 2.45) is 0 Å². The van der Waals surface area contributed by atoms with Crippen LogP contribution in [0, 0.1) is 0 Å². The van der Waals surface area contributed by atoms with Gasteiger partial charge in [-0.3, -0.25) is 0 Å². The molecular weight excluding hydrogens is 230 g/mol. The second kappa shape index (κ2) is 5.45. The summed E-state index contributed by atoms with van der Waals surface area (Å²) >= 11 is 0. The highest BCUT2D eigenvalue weighted by atomic mass is 32.2. The summed E-state index contributed by atoms with van der Waals surface area (Å²) in [5.41, 5.74) is 0.737. The van der Waals surface area contributed by atoms with Crippen LogP contribution in [-0.4, -0.2) is 43.6 Å². The molecule has 1 heterocycles. The van der Waals surface area contributed by atoms with E-state index in [0.717, 1.165) is 11.6 Å². The minimum absolute atomic E-state index is 0.181. The molecular formula is C10H17NO4S. The summed E-state index contributed by atoms with van der Waals surface area (Å²) in [5.74, 6) is -0.496. The molecule has 0 spiro atoms. The Kier molecular flexibility index (Phi) is 4.49. The fourth-order valence-electron chi connectivity index (χ4n) is 1.66. The quantitative estimate of drug-likeness (QED) is 0.693. The van der Waals surface area contributed by atoms with Gasteiger partial charge in [-0.15, -0.1) is 0 Å². The first-order valence-electron chi connectivity index (χ1n) is 5.23. The summed E-state index contributed by atoms with van der Waals surface area (Å²) in [6, 6.07) is 0.181. The van der Waals surface area contributed by atoms with Crippen LogP contribution in [0.25, 0.3) is 0 Å². The molecule has 0 unspecified atom stereocenters. The van der Waals surface area contributed by atoms with Gasteiger partial charge in [-0.2, -0.15) is 0 Å². The summed E-state index contributed by atoms with van der Waals surface area (Å²) in [7, 11) is -2.82. The monoisotopic (exact) mass is 247 g/mol. The SMILES string of the molecule is CC(=CC(=O)O)CNC1CCS(=O)(=O)CC1. The van der Waals surface area contributed by atoms with Crippen LogP contribution >= 0.6 is 0 Å². The third kappa shape index (κ3) is 4.76. The van der Waals surface area contributed by atoms with Crippen molar-refractivity contribution in [3.8, 4) is 0 Å². The second-order valence-electron chi connectivity index (χ2n) is 4.14. The van der Waals surface area contributed by atoms with E-state index in [1.165, 1.54) is 0 Å². The van der Waals surface area contributed by atoms with Gasteiger partial charge in [0.15, 0.2) is 0 Å². The highest BCUT2D eigenvalue weighted by molar-refractivity contribution is 7.91. The number of nitrogens with one attached hydrogen (secondary N) is 1. The van der Waals surface area contributed by atoms with Crippen molar-refractivity contribution in [1.82, 2.24) is 5.32 Å². The van der Waals surface area contributed by atoms with Crippen molar-refractivity contribution in [1.29, 1.82) is 0 Å². The Morgan fingerprint density at radius 2 is 2.00 bits per heavy atom. The minimum Gasteiger partial charge on any atom is -0.478 e. The van der Waals surface area contributed by atoms with Gasteiger partial charge in [0.05, 0.1) is 11.5 Å². The number of carboxylic acid groups (broad SMARTS) is 1. The lowest BCUT2D eigenvalue weighted by molar-refractivity contribution is -0.131. The van der Waals surface area contributed by atoms with Gasteiger partial charge in [0, 0.05) is 18.7 Å². The summed E-state index contributed by atoms with van der Waals surface area (Å²) in [6.07, 6.45) is 2.39. The molecule has 0 aliphatic carbocycles. The molecule has 1 fully saturated rings. The van der Waals surface area contributed by atoms with Crippen LogP contribution in [0.2, 0.25) is 0 Å². The average Bonchev–Trinajstić information content (AvgIpc) is 2.15. The molecule has 1 aliphatic rings. The molecule has 0 aromatic rings. The third-order valence-corrected chi connectivity index (χ3v) is 4.31. The van der Waals surface area contributed by atoms with Gasteiger partial charge in [-0.05, 0) is 19.8 Å². The summed E-state index contributed by atoms with van der Waals surface area (Å²) in [5, 5.41) is 11.7. The highest BCUT2D eigenvalue weighted by Crippen LogP contribution is 2.12. The number of carboxylic acids is 1. The van der Waals surface area contributed by atoms with E-state index in [2.05, 4.69) is 5.32 Å². The maximum absolute atomic E-state index is 11.2. The van der Waals surface area contributed by atoms with Gasteiger partial charge in [-0.1, -0.05) is 5.57 Å². The lowest BCUT2D eigenvalue weighted by Crippen LogP contribution is -2.38. The van der Waals surface area contributed by atoms with Gasteiger partial charge < -0.3 is 10.4 Å². The molecule has 0 saturated carbocycles. The van der Waals surface area contributed by atoms with Crippen LogP contribution in [0.5, 0.6) is 0 Å². The van der Waals surface area contributed by atoms with E-state index in [-0.39, 0.29) is 17.5 Å². The van der Waals surface area contributed by atoms with E-state index in [1.807, 2.05) is 0 Å². The number of aliphatic carboxylic acids is 1. The Bertz CT molecular complexity index is 372. The number of sulfone groups is 1. The van der Waals surface area contributed by atoms with Crippen LogP contribution in [0.15, 0.2) is 11.6 Å². The number of hydrogen-bond donors (Lipinski definition) is 2. The predicted molar refractivity (Wildman–Crippen MR) is 61.1 cm³/mol.